The molecule has 2 heterocycles. The normalized spacial score (nSPS) is 16.2. The maximum Gasteiger partial charge on any atom is 0.180 e. The fraction of sp³-hybridized carbons (Fsp3) is 0.615. The number of nitrogen functional groups attached to an aromatic ring is 1. The maximum absolute atomic E-state index is 5.63. The minimum Gasteiger partial charge on any atom is -0.375 e. The first-order chi connectivity index (χ1) is 9.33. The number of nitrogens with zero attached hydrogens (tertiary/aromatic N) is 4. The quantitative estimate of drug-likeness (QED) is 0.912. The molecule has 102 valence electrons. The summed E-state index contributed by atoms with van der Waals surface area (Å²) in [6.07, 6.45) is 10.1. The Balaban J connectivity index is 1.56. The van der Waals surface area contributed by atoms with Crippen molar-refractivity contribution < 1.29 is 0 Å². The molecule has 0 radical (unpaired) electrons. The summed E-state index contributed by atoms with van der Waals surface area (Å²) >= 11 is 1.51. The predicted molar refractivity (Wildman–Crippen MR) is 76.1 cm³/mol. The molecule has 1 saturated carbocycles. The van der Waals surface area contributed by atoms with Crippen LogP contribution in [0, 0.1) is 0 Å². The standard InChI is InChI=1S/C13H19N5S/c14-13-16-10(8-19-13)4-3-7-12-17-15-9-18(12)11-5-1-2-6-11/h8-9,11H,1-7H2,(H2,14,16). The number of thiazole rings is 1. The lowest BCUT2D eigenvalue weighted by Gasteiger charge is -2.13. The lowest BCUT2D eigenvalue weighted by molar-refractivity contribution is 0.493. The Hall–Kier alpha value is -1.43. The average molecular weight is 277 g/mol. The highest BCUT2D eigenvalue weighted by Crippen LogP contribution is 2.30. The zero-order chi connectivity index (χ0) is 13.1. The van der Waals surface area contributed by atoms with Crippen LogP contribution in [0.3, 0.4) is 0 Å². The molecule has 0 saturated heterocycles. The lowest BCUT2D eigenvalue weighted by Crippen LogP contribution is -2.08. The molecule has 6 heteroatoms. The summed E-state index contributed by atoms with van der Waals surface area (Å²) in [6.45, 7) is 0. The fourth-order valence-electron chi connectivity index (χ4n) is 2.80. The van der Waals surface area contributed by atoms with Gasteiger partial charge < -0.3 is 10.3 Å². The van der Waals surface area contributed by atoms with Gasteiger partial charge in [-0.3, -0.25) is 0 Å². The largest absolute Gasteiger partial charge is 0.375 e. The highest BCUT2D eigenvalue weighted by Gasteiger charge is 2.19. The lowest BCUT2D eigenvalue weighted by atomic mass is 10.2. The van der Waals surface area contributed by atoms with Gasteiger partial charge in [-0.25, -0.2) is 4.98 Å². The minimum atomic E-state index is 0.625. The summed E-state index contributed by atoms with van der Waals surface area (Å²) in [5.74, 6) is 1.12. The summed E-state index contributed by atoms with van der Waals surface area (Å²) in [4.78, 5) is 4.28. The highest BCUT2D eigenvalue weighted by molar-refractivity contribution is 7.13. The molecule has 3 rings (SSSR count). The summed E-state index contributed by atoms with van der Waals surface area (Å²) < 4.78 is 2.28. The number of nitrogens with two attached hydrogens (primary N) is 1. The second-order valence-corrected chi connectivity index (χ2v) is 6.01. The van der Waals surface area contributed by atoms with Crippen LogP contribution in [0.4, 0.5) is 5.13 Å². The van der Waals surface area contributed by atoms with Crippen molar-refractivity contribution in [2.75, 3.05) is 5.73 Å². The monoisotopic (exact) mass is 277 g/mol. The Labute approximate surface area is 116 Å². The van der Waals surface area contributed by atoms with E-state index in [2.05, 4.69) is 19.7 Å². The zero-order valence-electron chi connectivity index (χ0n) is 11.0. The Morgan fingerprint density at radius 2 is 2.16 bits per heavy atom. The molecule has 5 nitrogen and oxygen atoms in total. The second kappa shape index (κ2) is 5.69. The summed E-state index contributed by atoms with van der Waals surface area (Å²) in [5, 5.41) is 11.0. The minimum absolute atomic E-state index is 0.625. The first kappa shape index (κ1) is 12.6. The topological polar surface area (TPSA) is 69.6 Å². The van der Waals surface area contributed by atoms with Gasteiger partial charge in [-0.15, -0.1) is 21.5 Å². The number of anilines is 1. The molecular weight excluding hydrogens is 258 g/mol. The average Bonchev–Trinajstić information content (AvgIpc) is 3.09. The summed E-state index contributed by atoms with van der Waals surface area (Å²) in [7, 11) is 0. The van der Waals surface area contributed by atoms with Gasteiger partial charge in [-0.2, -0.15) is 0 Å². The number of rotatable bonds is 5. The molecule has 2 aromatic heterocycles. The SMILES string of the molecule is Nc1nc(CCCc2nncn2C2CCCC2)cs1. The zero-order valence-corrected chi connectivity index (χ0v) is 11.8. The van der Waals surface area contributed by atoms with Crippen LogP contribution in [0.5, 0.6) is 0 Å². The molecule has 2 aromatic rings. The van der Waals surface area contributed by atoms with Gasteiger partial charge in [0, 0.05) is 17.8 Å². The van der Waals surface area contributed by atoms with Crippen molar-refractivity contribution in [1.82, 2.24) is 19.7 Å². The molecule has 0 atom stereocenters. The van der Waals surface area contributed by atoms with Crippen LogP contribution in [0.1, 0.15) is 49.7 Å². The van der Waals surface area contributed by atoms with Gasteiger partial charge >= 0.3 is 0 Å². The van der Waals surface area contributed by atoms with Gasteiger partial charge in [0.1, 0.15) is 12.2 Å². The number of aromatic nitrogens is 4. The molecule has 0 amide bonds. The van der Waals surface area contributed by atoms with Gasteiger partial charge in [-0.05, 0) is 25.7 Å². The van der Waals surface area contributed by atoms with E-state index < -0.39 is 0 Å². The van der Waals surface area contributed by atoms with Crippen molar-refractivity contribution >= 4 is 16.5 Å². The Bertz CT molecular complexity index is 527. The molecule has 0 unspecified atom stereocenters. The van der Waals surface area contributed by atoms with Crippen LogP contribution in [-0.4, -0.2) is 19.7 Å². The van der Waals surface area contributed by atoms with Crippen molar-refractivity contribution in [3.8, 4) is 0 Å². The second-order valence-electron chi connectivity index (χ2n) is 5.12. The smallest absolute Gasteiger partial charge is 0.180 e. The summed E-state index contributed by atoms with van der Waals surface area (Å²) in [6, 6.07) is 0.625. The van der Waals surface area contributed by atoms with Gasteiger partial charge in [0.05, 0.1) is 5.69 Å². The maximum atomic E-state index is 5.63. The molecule has 0 aliphatic heterocycles. The van der Waals surface area contributed by atoms with Crippen molar-refractivity contribution in [3.63, 3.8) is 0 Å². The molecule has 0 aromatic carbocycles. The first-order valence-corrected chi connectivity index (χ1v) is 7.79. The van der Waals surface area contributed by atoms with E-state index in [4.69, 9.17) is 5.73 Å². The van der Waals surface area contributed by atoms with E-state index in [-0.39, 0.29) is 0 Å². The van der Waals surface area contributed by atoms with E-state index >= 15 is 0 Å². The van der Waals surface area contributed by atoms with E-state index in [1.165, 1.54) is 37.0 Å². The Morgan fingerprint density at radius 3 is 2.89 bits per heavy atom. The number of hydrogen-bond acceptors (Lipinski definition) is 5. The molecule has 2 N–H and O–H groups in total. The fourth-order valence-corrected chi connectivity index (χ4v) is 3.40. The van der Waals surface area contributed by atoms with Crippen molar-refractivity contribution in [2.45, 2.75) is 51.0 Å². The third-order valence-electron chi connectivity index (χ3n) is 3.77. The van der Waals surface area contributed by atoms with E-state index in [0.717, 1.165) is 30.8 Å². The molecular formula is C13H19N5S. The van der Waals surface area contributed by atoms with E-state index in [1.807, 2.05) is 11.7 Å². The van der Waals surface area contributed by atoms with Gasteiger partial charge in [0.25, 0.3) is 0 Å². The number of hydrogen-bond donors (Lipinski definition) is 1. The first-order valence-electron chi connectivity index (χ1n) is 6.91. The van der Waals surface area contributed by atoms with Crippen molar-refractivity contribution in [1.29, 1.82) is 0 Å². The van der Waals surface area contributed by atoms with Crippen molar-refractivity contribution in [2.24, 2.45) is 0 Å². The van der Waals surface area contributed by atoms with Gasteiger partial charge in [0.15, 0.2) is 5.13 Å². The van der Waals surface area contributed by atoms with E-state index in [9.17, 15) is 0 Å². The molecule has 1 aliphatic rings. The molecule has 19 heavy (non-hydrogen) atoms. The van der Waals surface area contributed by atoms with Crippen LogP contribution in [0.25, 0.3) is 0 Å². The Kier molecular flexibility index (Phi) is 3.77. The molecule has 0 spiro atoms. The predicted octanol–water partition coefficient (Wildman–Crippen LogP) is 2.61. The Morgan fingerprint density at radius 1 is 1.32 bits per heavy atom. The molecule has 0 bridgehead atoms. The van der Waals surface area contributed by atoms with Crippen LogP contribution >= 0.6 is 11.3 Å². The van der Waals surface area contributed by atoms with E-state index in [1.54, 1.807) is 0 Å². The van der Waals surface area contributed by atoms with E-state index in [0.29, 0.717) is 11.2 Å². The van der Waals surface area contributed by atoms with Crippen LogP contribution < -0.4 is 5.73 Å². The van der Waals surface area contributed by atoms with Crippen LogP contribution in [0.2, 0.25) is 0 Å². The van der Waals surface area contributed by atoms with Gasteiger partial charge in [-0.1, -0.05) is 12.8 Å². The molecule has 1 aliphatic carbocycles. The molecule has 1 fully saturated rings. The summed E-state index contributed by atoms with van der Waals surface area (Å²) in [5.41, 5.74) is 6.72. The van der Waals surface area contributed by atoms with Gasteiger partial charge in [0.2, 0.25) is 0 Å². The van der Waals surface area contributed by atoms with Crippen LogP contribution in [0.15, 0.2) is 11.7 Å². The third-order valence-corrected chi connectivity index (χ3v) is 4.49. The van der Waals surface area contributed by atoms with Crippen molar-refractivity contribution in [3.05, 3.63) is 23.2 Å². The highest BCUT2D eigenvalue weighted by atomic mass is 32.1. The van der Waals surface area contributed by atoms with Crippen LogP contribution in [-0.2, 0) is 12.8 Å². The third kappa shape index (κ3) is 2.94. The number of aryl methyl sites for hydroxylation is 2.